The Bertz CT molecular complexity index is 1130. The number of anilines is 2. The van der Waals surface area contributed by atoms with E-state index >= 15 is 0 Å². The molecular formula is C28H33N3O3. The highest BCUT2D eigenvalue weighted by atomic mass is 16.3. The molecule has 2 N–H and O–H groups in total. The van der Waals surface area contributed by atoms with Crippen LogP contribution in [0.15, 0.2) is 70.5 Å². The quantitative estimate of drug-likeness (QED) is 0.602. The van der Waals surface area contributed by atoms with Crippen molar-refractivity contribution in [3.8, 4) is 0 Å². The Morgan fingerprint density at radius 2 is 2.03 bits per heavy atom. The number of rotatable bonds is 5. The molecule has 0 radical (unpaired) electrons. The minimum absolute atomic E-state index is 0.0878. The van der Waals surface area contributed by atoms with Gasteiger partial charge in [0.15, 0.2) is 5.78 Å². The minimum Gasteiger partial charge on any atom is -0.467 e. The summed E-state index contributed by atoms with van der Waals surface area (Å²) in [6.45, 7) is 4.84. The Balaban J connectivity index is 1.55. The van der Waals surface area contributed by atoms with Gasteiger partial charge in [-0.15, -0.1) is 0 Å². The zero-order valence-corrected chi connectivity index (χ0v) is 20.0. The van der Waals surface area contributed by atoms with E-state index < -0.39 is 0 Å². The standard InChI is InChI=1S/C28H33N3O3/c1-28(2)15-22-26(24(32)16-28)27(19-9-4-3-5-10-19)31(23-13-7-6-12-21(23)30-22)18-25(33)29-17-20-11-8-14-34-20/h3-4,6-8,11-14,19,27,30H,5,9-10,15-18H2,1-2H3,(H,29,33)/t19-,27+/m0/s1. The number of furan rings is 1. The fourth-order valence-corrected chi connectivity index (χ4v) is 5.67. The van der Waals surface area contributed by atoms with Crippen molar-refractivity contribution in [2.24, 2.45) is 11.3 Å². The third kappa shape index (κ3) is 4.54. The van der Waals surface area contributed by atoms with Crippen molar-refractivity contribution in [1.82, 2.24) is 5.32 Å². The van der Waals surface area contributed by atoms with Gasteiger partial charge in [-0.2, -0.15) is 0 Å². The molecule has 1 aromatic heterocycles. The van der Waals surface area contributed by atoms with Crippen molar-refractivity contribution >= 4 is 23.1 Å². The van der Waals surface area contributed by atoms with Crippen LogP contribution >= 0.6 is 0 Å². The van der Waals surface area contributed by atoms with Crippen molar-refractivity contribution < 1.29 is 14.0 Å². The lowest BCUT2D eigenvalue weighted by molar-refractivity contribution is -0.121. The molecule has 34 heavy (non-hydrogen) atoms. The van der Waals surface area contributed by atoms with Crippen molar-refractivity contribution in [1.29, 1.82) is 0 Å². The molecule has 2 atom stereocenters. The highest BCUT2D eigenvalue weighted by Gasteiger charge is 2.43. The highest BCUT2D eigenvalue weighted by molar-refractivity contribution is 6.01. The second kappa shape index (κ2) is 9.16. The number of para-hydroxylation sites is 2. The van der Waals surface area contributed by atoms with Gasteiger partial charge in [-0.1, -0.05) is 38.1 Å². The maximum Gasteiger partial charge on any atom is 0.239 e. The number of hydrogen-bond donors (Lipinski definition) is 2. The van der Waals surface area contributed by atoms with Crippen molar-refractivity contribution in [2.75, 3.05) is 16.8 Å². The summed E-state index contributed by atoms with van der Waals surface area (Å²) < 4.78 is 5.37. The summed E-state index contributed by atoms with van der Waals surface area (Å²) >= 11 is 0. The second-order valence-corrected chi connectivity index (χ2v) is 10.4. The summed E-state index contributed by atoms with van der Waals surface area (Å²) in [5, 5.41) is 6.62. The van der Waals surface area contributed by atoms with Crippen LogP contribution < -0.4 is 15.5 Å². The van der Waals surface area contributed by atoms with Crippen LogP contribution in [0.5, 0.6) is 0 Å². The normalized spacial score (nSPS) is 23.6. The lowest BCUT2D eigenvalue weighted by Crippen LogP contribution is -2.49. The molecule has 2 aliphatic carbocycles. The third-order valence-corrected chi connectivity index (χ3v) is 7.16. The Labute approximate surface area is 201 Å². The molecule has 0 spiro atoms. The fourth-order valence-electron chi connectivity index (χ4n) is 5.67. The predicted molar refractivity (Wildman–Crippen MR) is 133 cm³/mol. The number of carbonyl (C=O) groups excluding carboxylic acids is 2. The molecule has 1 amide bonds. The number of carbonyl (C=O) groups is 2. The number of fused-ring (bicyclic) bond motifs is 1. The Morgan fingerprint density at radius 1 is 1.18 bits per heavy atom. The summed E-state index contributed by atoms with van der Waals surface area (Å²) in [5.41, 5.74) is 3.72. The number of hydrogen-bond acceptors (Lipinski definition) is 5. The molecule has 5 rings (SSSR count). The number of nitrogens with one attached hydrogen (secondary N) is 2. The summed E-state index contributed by atoms with van der Waals surface area (Å²) in [7, 11) is 0. The van der Waals surface area contributed by atoms with Gasteiger partial charge < -0.3 is 20.0 Å². The molecule has 1 aromatic carbocycles. The zero-order valence-electron chi connectivity index (χ0n) is 20.0. The van der Waals surface area contributed by atoms with E-state index in [1.165, 1.54) is 0 Å². The lowest BCUT2D eigenvalue weighted by atomic mass is 9.71. The van der Waals surface area contributed by atoms with Crippen LogP contribution in [0.25, 0.3) is 0 Å². The molecule has 0 saturated carbocycles. The van der Waals surface area contributed by atoms with E-state index in [1.807, 2.05) is 30.3 Å². The molecule has 0 unspecified atom stereocenters. The number of ketones is 1. The molecule has 0 saturated heterocycles. The first-order valence-corrected chi connectivity index (χ1v) is 12.2. The smallest absolute Gasteiger partial charge is 0.239 e. The monoisotopic (exact) mass is 459 g/mol. The maximum absolute atomic E-state index is 13.7. The van der Waals surface area contributed by atoms with E-state index in [0.29, 0.717) is 13.0 Å². The molecular weight excluding hydrogens is 426 g/mol. The van der Waals surface area contributed by atoms with Gasteiger partial charge in [-0.25, -0.2) is 0 Å². The Kier molecular flexibility index (Phi) is 6.07. The predicted octanol–water partition coefficient (Wildman–Crippen LogP) is 5.20. The highest BCUT2D eigenvalue weighted by Crippen LogP contribution is 2.46. The molecule has 2 heterocycles. The average molecular weight is 460 g/mol. The minimum atomic E-state index is -0.144. The second-order valence-electron chi connectivity index (χ2n) is 10.4. The number of allylic oxidation sites excluding steroid dienone is 3. The first-order valence-electron chi connectivity index (χ1n) is 12.2. The molecule has 6 nitrogen and oxygen atoms in total. The van der Waals surface area contributed by atoms with Crippen LogP contribution in [0.3, 0.4) is 0 Å². The number of Topliss-reactive ketones (excluding diaryl/α,β-unsaturated/α-hetero) is 1. The number of nitrogens with zero attached hydrogens (tertiary/aromatic N) is 1. The lowest BCUT2D eigenvalue weighted by Gasteiger charge is -2.41. The molecule has 3 aliphatic rings. The number of benzene rings is 1. The fraction of sp³-hybridized carbons (Fsp3) is 0.429. The van der Waals surface area contributed by atoms with E-state index in [-0.39, 0.29) is 35.6 Å². The van der Waals surface area contributed by atoms with Crippen molar-refractivity contribution in [3.05, 3.63) is 71.8 Å². The van der Waals surface area contributed by atoms with Crippen LogP contribution in [0.2, 0.25) is 0 Å². The molecule has 0 fully saturated rings. The van der Waals surface area contributed by atoms with Gasteiger partial charge in [0.05, 0.1) is 36.8 Å². The van der Waals surface area contributed by atoms with Gasteiger partial charge in [0.2, 0.25) is 5.91 Å². The molecule has 178 valence electrons. The van der Waals surface area contributed by atoms with Gasteiger partial charge in [0.1, 0.15) is 5.76 Å². The molecule has 2 aromatic rings. The summed E-state index contributed by atoms with van der Waals surface area (Å²) in [5.74, 6) is 1.10. The van der Waals surface area contributed by atoms with Crippen LogP contribution in [0.1, 0.15) is 51.7 Å². The zero-order chi connectivity index (χ0) is 23.7. The summed E-state index contributed by atoms with van der Waals surface area (Å²) in [4.78, 5) is 29.0. The van der Waals surface area contributed by atoms with E-state index in [2.05, 4.69) is 47.6 Å². The molecule has 6 heteroatoms. The van der Waals surface area contributed by atoms with Gasteiger partial charge in [0.25, 0.3) is 0 Å². The van der Waals surface area contributed by atoms with Gasteiger partial charge in [-0.3, -0.25) is 9.59 Å². The topological polar surface area (TPSA) is 74.6 Å². The SMILES string of the molecule is CC1(C)CC(=O)C2=C(C1)Nc1ccccc1N(CC(=O)NCc1ccco1)[C@@H]2[C@H]1CC=CCC1. The molecule has 1 aliphatic heterocycles. The average Bonchev–Trinajstić information content (AvgIpc) is 3.29. The van der Waals surface area contributed by atoms with Gasteiger partial charge in [0, 0.05) is 17.7 Å². The van der Waals surface area contributed by atoms with E-state index in [1.54, 1.807) is 6.26 Å². The third-order valence-electron chi connectivity index (χ3n) is 7.16. The van der Waals surface area contributed by atoms with Crippen LogP contribution in [-0.4, -0.2) is 24.3 Å². The van der Waals surface area contributed by atoms with E-state index in [0.717, 1.165) is 54.1 Å². The summed E-state index contributed by atoms with van der Waals surface area (Å²) in [6.07, 6.45) is 10.3. The largest absolute Gasteiger partial charge is 0.467 e. The van der Waals surface area contributed by atoms with Gasteiger partial charge in [-0.05, 0) is 61.3 Å². The number of amides is 1. The molecule has 0 bridgehead atoms. The maximum atomic E-state index is 13.7. The van der Waals surface area contributed by atoms with Crippen molar-refractivity contribution in [3.63, 3.8) is 0 Å². The van der Waals surface area contributed by atoms with Crippen LogP contribution in [0.4, 0.5) is 11.4 Å². The Hall–Kier alpha value is -3.28. The van der Waals surface area contributed by atoms with E-state index in [4.69, 9.17) is 4.42 Å². The first-order chi connectivity index (χ1) is 16.4. The summed E-state index contributed by atoms with van der Waals surface area (Å²) in [6, 6.07) is 11.6. The Morgan fingerprint density at radius 3 is 2.79 bits per heavy atom. The van der Waals surface area contributed by atoms with Crippen LogP contribution in [0, 0.1) is 11.3 Å². The van der Waals surface area contributed by atoms with Gasteiger partial charge >= 0.3 is 0 Å². The van der Waals surface area contributed by atoms with Crippen molar-refractivity contribution in [2.45, 2.75) is 58.5 Å². The van der Waals surface area contributed by atoms with E-state index in [9.17, 15) is 9.59 Å². The van der Waals surface area contributed by atoms with Crippen LogP contribution in [-0.2, 0) is 16.1 Å². The first kappa shape index (κ1) is 22.5.